The number of sulfonamides is 1. The van der Waals surface area contributed by atoms with E-state index in [0.29, 0.717) is 25.2 Å². The Bertz CT molecular complexity index is 1340. The lowest BCUT2D eigenvalue weighted by atomic mass is 10.2. The van der Waals surface area contributed by atoms with Crippen LogP contribution in [0.1, 0.15) is 49.9 Å². The van der Waals surface area contributed by atoms with E-state index in [0.717, 1.165) is 79.5 Å². The van der Waals surface area contributed by atoms with Crippen LogP contribution in [0, 0.1) is 0 Å². The molecule has 1 fully saturated rings. The number of piperazine rings is 1. The van der Waals surface area contributed by atoms with Crippen molar-refractivity contribution in [2.45, 2.75) is 44.4 Å². The lowest BCUT2D eigenvalue weighted by Gasteiger charge is -2.34. The van der Waals surface area contributed by atoms with E-state index in [4.69, 9.17) is 9.72 Å². The number of anilines is 1. The third-order valence-electron chi connectivity index (χ3n) is 7.22. The predicted octanol–water partition coefficient (Wildman–Crippen LogP) is 4.45. The molecule has 0 aliphatic carbocycles. The van der Waals surface area contributed by atoms with Crippen LogP contribution in [0.15, 0.2) is 47.4 Å². The Labute approximate surface area is 242 Å². The lowest BCUT2D eigenvalue weighted by molar-refractivity contribution is 0.0947. The molecule has 0 radical (unpaired) electrons. The van der Waals surface area contributed by atoms with Crippen LogP contribution in [0.25, 0.3) is 10.2 Å². The van der Waals surface area contributed by atoms with Crippen LogP contribution in [0.4, 0.5) is 5.13 Å². The summed E-state index contributed by atoms with van der Waals surface area (Å²) in [5.74, 6) is 0.647. The highest BCUT2D eigenvalue weighted by molar-refractivity contribution is 7.89. The Kier molecular flexibility index (Phi) is 10.8. The number of nitrogens with zero attached hydrogens (tertiary/aromatic N) is 4. The van der Waals surface area contributed by atoms with E-state index in [9.17, 15) is 13.2 Å². The van der Waals surface area contributed by atoms with Crippen molar-refractivity contribution in [2.24, 2.45) is 0 Å². The Morgan fingerprint density at radius 1 is 1.02 bits per heavy atom. The minimum absolute atomic E-state index is 0.193. The van der Waals surface area contributed by atoms with Gasteiger partial charge in [0, 0.05) is 57.9 Å². The molecule has 0 unspecified atom stereocenters. The summed E-state index contributed by atoms with van der Waals surface area (Å²) in [6.07, 6.45) is 3.53. The fraction of sp³-hybridized carbons (Fsp3) is 0.517. The zero-order valence-electron chi connectivity index (χ0n) is 23.8. The van der Waals surface area contributed by atoms with Gasteiger partial charge in [0.1, 0.15) is 5.75 Å². The molecule has 1 aliphatic rings. The number of amides is 1. The highest BCUT2D eigenvalue weighted by Crippen LogP contribution is 2.31. The summed E-state index contributed by atoms with van der Waals surface area (Å²) in [7, 11) is -1.90. The summed E-state index contributed by atoms with van der Waals surface area (Å²) in [4.78, 5) is 22.4. The molecule has 3 aromatic rings. The summed E-state index contributed by atoms with van der Waals surface area (Å²) < 4.78 is 34.4. The van der Waals surface area contributed by atoms with Crippen molar-refractivity contribution in [3.63, 3.8) is 0 Å². The van der Waals surface area contributed by atoms with Crippen molar-refractivity contribution in [1.82, 2.24) is 19.5 Å². The van der Waals surface area contributed by atoms with Gasteiger partial charge in [-0.25, -0.2) is 13.4 Å². The van der Waals surface area contributed by atoms with Crippen LogP contribution in [0.2, 0.25) is 0 Å². The third kappa shape index (κ3) is 7.51. The SMILES string of the molecule is CCCCN(CCCC)S(=O)(=O)c1ccc(C(=O)NCCN2CCN(c3nc4ccc(OC)cc4s3)CC2)cc1. The number of ether oxygens (including phenoxy) is 1. The quantitative estimate of drug-likeness (QED) is 0.298. The fourth-order valence-corrected chi connectivity index (χ4v) is 7.26. The number of carbonyl (C=O) groups is 1. The van der Waals surface area contributed by atoms with Gasteiger partial charge in [-0.3, -0.25) is 9.69 Å². The van der Waals surface area contributed by atoms with Gasteiger partial charge in [0.2, 0.25) is 10.0 Å². The van der Waals surface area contributed by atoms with Gasteiger partial charge >= 0.3 is 0 Å². The molecule has 1 N–H and O–H groups in total. The molecule has 1 aliphatic heterocycles. The minimum atomic E-state index is -3.57. The summed E-state index contributed by atoms with van der Waals surface area (Å²) in [6.45, 7) is 10.00. The van der Waals surface area contributed by atoms with Gasteiger partial charge in [-0.15, -0.1) is 0 Å². The molecule has 2 aromatic carbocycles. The van der Waals surface area contributed by atoms with Gasteiger partial charge in [-0.05, 0) is 55.3 Å². The Morgan fingerprint density at radius 3 is 2.33 bits per heavy atom. The molecule has 0 bridgehead atoms. The second-order valence-corrected chi connectivity index (χ2v) is 13.0. The van der Waals surface area contributed by atoms with Crippen molar-refractivity contribution in [1.29, 1.82) is 0 Å². The molecule has 2 heterocycles. The fourth-order valence-electron chi connectivity index (χ4n) is 4.70. The number of hydrogen-bond donors (Lipinski definition) is 1. The molecule has 11 heteroatoms. The van der Waals surface area contributed by atoms with Crippen LogP contribution in [-0.4, -0.2) is 88.0 Å². The summed E-state index contributed by atoms with van der Waals surface area (Å²) in [5.41, 5.74) is 1.45. The van der Waals surface area contributed by atoms with Crippen LogP contribution in [0.5, 0.6) is 5.75 Å². The molecule has 0 saturated carbocycles. The Hall–Kier alpha value is -2.73. The van der Waals surface area contributed by atoms with Gasteiger partial charge in [0.25, 0.3) is 5.91 Å². The molecule has 1 amide bonds. The first kappa shape index (κ1) is 30.2. The van der Waals surface area contributed by atoms with Crippen molar-refractivity contribution in [3.05, 3.63) is 48.0 Å². The third-order valence-corrected chi connectivity index (χ3v) is 10.2. The largest absolute Gasteiger partial charge is 0.497 e. The molecule has 9 nitrogen and oxygen atoms in total. The van der Waals surface area contributed by atoms with Crippen LogP contribution < -0.4 is 15.0 Å². The smallest absolute Gasteiger partial charge is 0.251 e. The number of aromatic nitrogens is 1. The summed E-state index contributed by atoms with van der Waals surface area (Å²) in [6, 6.07) is 12.3. The van der Waals surface area contributed by atoms with Crippen molar-refractivity contribution < 1.29 is 17.9 Å². The Morgan fingerprint density at radius 2 is 1.70 bits per heavy atom. The maximum atomic E-state index is 13.2. The van der Waals surface area contributed by atoms with E-state index in [-0.39, 0.29) is 10.8 Å². The molecule has 1 saturated heterocycles. The highest BCUT2D eigenvalue weighted by atomic mass is 32.2. The molecule has 1 aromatic heterocycles. The van der Waals surface area contributed by atoms with Gasteiger partial charge in [-0.2, -0.15) is 4.31 Å². The number of hydrogen-bond acceptors (Lipinski definition) is 8. The van der Waals surface area contributed by atoms with Crippen LogP contribution in [-0.2, 0) is 10.0 Å². The Balaban J connectivity index is 1.24. The normalized spacial score (nSPS) is 14.7. The van der Waals surface area contributed by atoms with E-state index < -0.39 is 10.0 Å². The van der Waals surface area contributed by atoms with Gasteiger partial charge in [-0.1, -0.05) is 38.0 Å². The number of fused-ring (bicyclic) bond motifs is 1. The van der Waals surface area contributed by atoms with Gasteiger partial charge < -0.3 is 15.0 Å². The number of methoxy groups -OCH3 is 1. The number of nitrogens with one attached hydrogen (secondary N) is 1. The minimum Gasteiger partial charge on any atom is -0.497 e. The van der Waals surface area contributed by atoms with Crippen LogP contribution in [0.3, 0.4) is 0 Å². The summed E-state index contributed by atoms with van der Waals surface area (Å²) in [5, 5.41) is 4.01. The van der Waals surface area contributed by atoms with Crippen LogP contribution >= 0.6 is 11.3 Å². The van der Waals surface area contributed by atoms with Crippen molar-refractivity contribution >= 4 is 42.6 Å². The molecule has 0 atom stereocenters. The maximum absolute atomic E-state index is 13.2. The zero-order valence-corrected chi connectivity index (χ0v) is 25.4. The second kappa shape index (κ2) is 14.2. The number of benzene rings is 2. The van der Waals surface area contributed by atoms with Crippen molar-refractivity contribution in [2.75, 3.05) is 64.4 Å². The van der Waals surface area contributed by atoms with E-state index in [1.807, 2.05) is 18.2 Å². The second-order valence-electron chi connectivity index (χ2n) is 10.1. The molecular weight excluding hydrogens is 546 g/mol. The molecule has 0 spiro atoms. The van der Waals surface area contributed by atoms with Gasteiger partial charge in [0.15, 0.2) is 5.13 Å². The number of unbranched alkanes of at least 4 members (excludes halogenated alkanes) is 2. The molecule has 40 heavy (non-hydrogen) atoms. The topological polar surface area (TPSA) is 95.1 Å². The first-order chi connectivity index (χ1) is 19.3. The molecular formula is C29H41N5O4S2. The van der Waals surface area contributed by atoms with Crippen molar-refractivity contribution in [3.8, 4) is 5.75 Å². The predicted molar refractivity (Wildman–Crippen MR) is 162 cm³/mol. The molecule has 218 valence electrons. The lowest BCUT2D eigenvalue weighted by Crippen LogP contribution is -2.48. The zero-order chi connectivity index (χ0) is 28.5. The van der Waals surface area contributed by atoms with E-state index >= 15 is 0 Å². The average Bonchev–Trinajstić information content (AvgIpc) is 3.41. The monoisotopic (exact) mass is 587 g/mol. The standard InChI is InChI=1S/C29H41N5O4S2/c1-4-6-15-34(16-7-5-2)40(36,37)25-11-8-23(9-12-25)28(35)30-14-17-32-18-20-33(21-19-32)29-31-26-13-10-24(38-3)22-27(26)39-29/h8-13,22H,4-7,14-21H2,1-3H3,(H,30,35). The van der Waals surface area contributed by atoms with Gasteiger partial charge in [0.05, 0.1) is 22.2 Å². The maximum Gasteiger partial charge on any atom is 0.251 e. The molecule has 4 rings (SSSR count). The highest BCUT2D eigenvalue weighted by Gasteiger charge is 2.24. The van der Waals surface area contributed by atoms with E-state index in [1.54, 1.807) is 47.0 Å². The summed E-state index contributed by atoms with van der Waals surface area (Å²) >= 11 is 1.68. The number of thiazole rings is 1. The van der Waals surface area contributed by atoms with E-state index in [2.05, 4.69) is 29.0 Å². The number of carbonyl (C=O) groups excluding carboxylic acids is 1. The van der Waals surface area contributed by atoms with E-state index in [1.165, 1.54) is 0 Å². The first-order valence-electron chi connectivity index (χ1n) is 14.2. The number of rotatable bonds is 14. The first-order valence-corrected chi connectivity index (χ1v) is 16.4. The average molecular weight is 588 g/mol.